The maximum Gasteiger partial charge on any atom is 0.406 e. The van der Waals surface area contributed by atoms with Gasteiger partial charge in [-0.05, 0) is 42.5 Å². The van der Waals surface area contributed by atoms with Gasteiger partial charge in [0, 0.05) is 18.0 Å². The smallest absolute Gasteiger partial charge is 0.406 e. The molecule has 1 heterocycles. The highest BCUT2D eigenvalue weighted by Gasteiger charge is 2.40. The second kappa shape index (κ2) is 8.83. The van der Waals surface area contributed by atoms with Crippen LogP contribution in [-0.2, 0) is 9.59 Å². The van der Waals surface area contributed by atoms with Gasteiger partial charge in [-0.2, -0.15) is 13.2 Å². The third-order valence-electron chi connectivity index (χ3n) is 4.44. The normalized spacial score (nSPS) is 16.5. The van der Waals surface area contributed by atoms with Crippen molar-refractivity contribution in [1.82, 2.24) is 4.90 Å². The number of hydrogen-bond donors (Lipinski definition) is 1. The van der Waals surface area contributed by atoms with E-state index in [1.165, 1.54) is 13.2 Å². The molecule has 1 aliphatic heterocycles. The van der Waals surface area contributed by atoms with E-state index in [2.05, 4.69) is 5.32 Å². The Bertz CT molecular complexity index is 935. The maximum absolute atomic E-state index is 12.6. The summed E-state index contributed by atoms with van der Waals surface area (Å²) in [6.07, 6.45) is -4.81. The molecular weight excluding hydrogens is 425 g/mol. The Hall–Kier alpha value is -2.94. The molecule has 2 amide bonds. The molecule has 1 saturated heterocycles. The van der Waals surface area contributed by atoms with Crippen molar-refractivity contribution in [2.24, 2.45) is 5.92 Å². The largest absolute Gasteiger partial charge is 0.497 e. The van der Waals surface area contributed by atoms with Gasteiger partial charge in [0.05, 0.1) is 18.7 Å². The van der Waals surface area contributed by atoms with Gasteiger partial charge in [-0.1, -0.05) is 11.6 Å². The quantitative estimate of drug-likeness (QED) is 0.715. The number of halogens is 4. The lowest BCUT2D eigenvalue weighted by Gasteiger charge is -2.18. The molecule has 0 radical (unpaired) electrons. The first kappa shape index (κ1) is 21.8. The Labute approximate surface area is 175 Å². The molecule has 0 unspecified atom stereocenters. The standard InChI is InChI=1S/C20H18ClF3N2O4/c1-29-14-3-5-15(6-4-14)30-17-7-2-13(21)9-16(17)25-19(28)12-8-18(27)26(10-12)11-20(22,23)24/h2-7,9,12H,8,10-11H2,1H3,(H,25,28)/t12-/m1/s1. The number of ether oxygens (including phenoxy) is 2. The van der Waals surface area contributed by atoms with E-state index in [9.17, 15) is 22.8 Å². The highest BCUT2D eigenvalue weighted by Crippen LogP contribution is 2.34. The fraction of sp³-hybridized carbons (Fsp3) is 0.300. The van der Waals surface area contributed by atoms with Crippen molar-refractivity contribution in [2.75, 3.05) is 25.5 Å². The average molecular weight is 443 g/mol. The summed E-state index contributed by atoms with van der Waals surface area (Å²) in [4.78, 5) is 25.0. The van der Waals surface area contributed by atoms with Crippen LogP contribution in [-0.4, -0.2) is 43.1 Å². The van der Waals surface area contributed by atoms with Crippen LogP contribution in [0.15, 0.2) is 42.5 Å². The third-order valence-corrected chi connectivity index (χ3v) is 4.68. The van der Waals surface area contributed by atoms with E-state index in [1.54, 1.807) is 36.4 Å². The lowest BCUT2D eigenvalue weighted by atomic mass is 10.1. The van der Waals surface area contributed by atoms with Crippen LogP contribution in [0.5, 0.6) is 17.2 Å². The van der Waals surface area contributed by atoms with E-state index in [0.29, 0.717) is 21.4 Å². The number of benzene rings is 2. The molecule has 0 aromatic heterocycles. The van der Waals surface area contributed by atoms with Gasteiger partial charge in [0.25, 0.3) is 0 Å². The summed E-state index contributed by atoms with van der Waals surface area (Å²) in [6, 6.07) is 11.3. The molecule has 2 aromatic rings. The van der Waals surface area contributed by atoms with Gasteiger partial charge in [-0.3, -0.25) is 9.59 Å². The zero-order chi connectivity index (χ0) is 21.9. The highest BCUT2D eigenvalue weighted by molar-refractivity contribution is 6.31. The van der Waals surface area contributed by atoms with Crippen LogP contribution in [0.25, 0.3) is 0 Å². The fourth-order valence-corrected chi connectivity index (χ4v) is 3.18. The number of nitrogens with one attached hydrogen (secondary N) is 1. The summed E-state index contributed by atoms with van der Waals surface area (Å²) < 4.78 is 48.6. The van der Waals surface area contributed by atoms with Gasteiger partial charge < -0.3 is 19.7 Å². The van der Waals surface area contributed by atoms with Crippen molar-refractivity contribution in [1.29, 1.82) is 0 Å². The Morgan fingerprint density at radius 3 is 2.50 bits per heavy atom. The predicted molar refractivity (Wildman–Crippen MR) is 104 cm³/mol. The van der Waals surface area contributed by atoms with Crippen molar-refractivity contribution >= 4 is 29.1 Å². The molecular formula is C20H18ClF3N2O4. The van der Waals surface area contributed by atoms with Gasteiger partial charge in [-0.25, -0.2) is 0 Å². The Morgan fingerprint density at radius 1 is 1.20 bits per heavy atom. The molecule has 0 bridgehead atoms. The summed E-state index contributed by atoms with van der Waals surface area (Å²) in [6.45, 7) is -1.68. The van der Waals surface area contributed by atoms with Crippen LogP contribution in [0.3, 0.4) is 0 Å². The Morgan fingerprint density at radius 2 is 1.87 bits per heavy atom. The third kappa shape index (κ3) is 5.56. The SMILES string of the molecule is COc1ccc(Oc2ccc(Cl)cc2NC(=O)[C@@H]2CC(=O)N(CC(F)(F)F)C2)cc1. The van der Waals surface area contributed by atoms with E-state index >= 15 is 0 Å². The van der Waals surface area contributed by atoms with Crippen LogP contribution >= 0.6 is 11.6 Å². The number of likely N-dealkylation sites (tertiary alicyclic amines) is 1. The topological polar surface area (TPSA) is 67.9 Å². The molecule has 1 atom stereocenters. The van der Waals surface area contributed by atoms with Crippen LogP contribution in [0.2, 0.25) is 5.02 Å². The minimum Gasteiger partial charge on any atom is -0.497 e. The second-order valence-electron chi connectivity index (χ2n) is 6.70. The minimum absolute atomic E-state index is 0.241. The molecule has 6 nitrogen and oxygen atoms in total. The summed E-state index contributed by atoms with van der Waals surface area (Å²) in [5, 5.41) is 2.93. The fourth-order valence-electron chi connectivity index (χ4n) is 3.01. The number of carbonyl (C=O) groups excluding carboxylic acids is 2. The highest BCUT2D eigenvalue weighted by atomic mass is 35.5. The molecule has 0 saturated carbocycles. The molecule has 3 rings (SSSR count). The average Bonchev–Trinajstić information content (AvgIpc) is 3.03. The van der Waals surface area contributed by atoms with E-state index in [4.69, 9.17) is 21.1 Å². The van der Waals surface area contributed by atoms with Crippen molar-refractivity contribution < 1.29 is 32.2 Å². The van der Waals surface area contributed by atoms with Crippen LogP contribution < -0.4 is 14.8 Å². The van der Waals surface area contributed by atoms with E-state index in [-0.39, 0.29) is 24.4 Å². The van der Waals surface area contributed by atoms with Gasteiger partial charge in [-0.15, -0.1) is 0 Å². The summed E-state index contributed by atoms with van der Waals surface area (Å²) in [5.74, 6) is -0.812. The number of hydrogen-bond acceptors (Lipinski definition) is 4. The van der Waals surface area contributed by atoms with E-state index in [1.807, 2.05) is 0 Å². The predicted octanol–water partition coefficient (Wildman–Crippen LogP) is 4.49. The molecule has 1 aliphatic rings. The molecule has 0 spiro atoms. The number of carbonyl (C=O) groups is 2. The van der Waals surface area contributed by atoms with E-state index in [0.717, 1.165) is 0 Å². The molecule has 2 aromatic carbocycles. The van der Waals surface area contributed by atoms with Crippen molar-refractivity contribution in [2.45, 2.75) is 12.6 Å². The lowest BCUT2D eigenvalue weighted by Crippen LogP contribution is -2.36. The first-order valence-electron chi connectivity index (χ1n) is 8.91. The maximum atomic E-state index is 12.6. The second-order valence-corrected chi connectivity index (χ2v) is 7.13. The van der Waals surface area contributed by atoms with Crippen LogP contribution in [0, 0.1) is 5.92 Å². The number of amides is 2. The Kier molecular flexibility index (Phi) is 6.40. The first-order chi connectivity index (χ1) is 14.1. The minimum atomic E-state index is -4.52. The van der Waals surface area contributed by atoms with Crippen molar-refractivity contribution in [3.8, 4) is 17.2 Å². The zero-order valence-electron chi connectivity index (χ0n) is 15.8. The lowest BCUT2D eigenvalue weighted by molar-refractivity contribution is -0.157. The van der Waals surface area contributed by atoms with Crippen LogP contribution in [0.4, 0.5) is 18.9 Å². The van der Waals surface area contributed by atoms with Crippen molar-refractivity contribution in [3.63, 3.8) is 0 Å². The van der Waals surface area contributed by atoms with Crippen LogP contribution in [0.1, 0.15) is 6.42 Å². The molecule has 10 heteroatoms. The zero-order valence-corrected chi connectivity index (χ0v) is 16.6. The summed E-state index contributed by atoms with van der Waals surface area (Å²) in [7, 11) is 1.53. The van der Waals surface area contributed by atoms with Gasteiger partial charge in [0.2, 0.25) is 11.8 Å². The molecule has 1 fully saturated rings. The van der Waals surface area contributed by atoms with Gasteiger partial charge in [0.15, 0.2) is 5.75 Å². The number of alkyl halides is 3. The molecule has 160 valence electrons. The van der Waals surface area contributed by atoms with E-state index < -0.39 is 30.5 Å². The number of anilines is 1. The monoisotopic (exact) mass is 442 g/mol. The molecule has 30 heavy (non-hydrogen) atoms. The summed E-state index contributed by atoms with van der Waals surface area (Å²) in [5.41, 5.74) is 0.241. The molecule has 1 N–H and O–H groups in total. The first-order valence-corrected chi connectivity index (χ1v) is 9.29. The van der Waals surface area contributed by atoms with Gasteiger partial charge >= 0.3 is 6.18 Å². The molecule has 0 aliphatic carbocycles. The number of rotatable bonds is 6. The summed E-state index contributed by atoms with van der Waals surface area (Å²) >= 11 is 6.01. The number of methoxy groups -OCH3 is 1. The number of nitrogens with zero attached hydrogens (tertiary/aromatic N) is 1. The van der Waals surface area contributed by atoms with Gasteiger partial charge in [0.1, 0.15) is 18.0 Å². The van der Waals surface area contributed by atoms with Crippen molar-refractivity contribution in [3.05, 3.63) is 47.5 Å². The Balaban J connectivity index is 1.72.